The van der Waals surface area contributed by atoms with Crippen LogP contribution in [0.25, 0.3) is 0 Å². The number of likely N-dealkylation sites (tertiary alicyclic amines) is 1. The van der Waals surface area contributed by atoms with Crippen molar-refractivity contribution in [3.8, 4) is 0 Å². The summed E-state index contributed by atoms with van der Waals surface area (Å²) in [6.07, 6.45) is 2.58. The summed E-state index contributed by atoms with van der Waals surface area (Å²) in [6, 6.07) is 0. The van der Waals surface area contributed by atoms with Gasteiger partial charge in [0.15, 0.2) is 9.84 Å². The summed E-state index contributed by atoms with van der Waals surface area (Å²) in [6.45, 7) is 2.66. The lowest BCUT2D eigenvalue weighted by Crippen LogP contribution is -2.45. The zero-order valence-corrected chi connectivity index (χ0v) is 10.5. The van der Waals surface area contributed by atoms with Crippen molar-refractivity contribution >= 4 is 15.7 Å². The molecule has 16 heavy (non-hydrogen) atoms. The topological polar surface area (TPSA) is 74.7 Å². The number of carbonyl (C=O) groups is 1. The number of hydrogen-bond donors (Lipinski definition) is 1. The molecule has 6 heteroatoms. The van der Waals surface area contributed by atoms with E-state index in [0.717, 1.165) is 19.1 Å². The fourth-order valence-electron chi connectivity index (χ4n) is 1.78. The highest BCUT2D eigenvalue weighted by atomic mass is 32.2. The molecule has 1 heterocycles. The van der Waals surface area contributed by atoms with Gasteiger partial charge in [-0.15, -0.1) is 0 Å². The van der Waals surface area contributed by atoms with Gasteiger partial charge in [0.2, 0.25) is 5.91 Å². The highest BCUT2D eigenvalue weighted by Gasteiger charge is 2.30. The molecule has 0 bridgehead atoms. The van der Waals surface area contributed by atoms with E-state index in [0.29, 0.717) is 13.1 Å². The van der Waals surface area contributed by atoms with Gasteiger partial charge in [0, 0.05) is 26.0 Å². The number of nitrogens with zero attached hydrogens (tertiary/aromatic N) is 1. The predicted molar refractivity (Wildman–Crippen MR) is 60.7 cm³/mol. The third kappa shape index (κ3) is 3.18. The van der Waals surface area contributed by atoms with Crippen LogP contribution in [0, 0.1) is 5.92 Å². The lowest BCUT2D eigenvalue weighted by atomic mass is 9.98. The lowest BCUT2D eigenvalue weighted by molar-refractivity contribution is -0.132. The molecule has 0 radical (unpaired) electrons. The smallest absolute Gasteiger partial charge is 0.240 e. The number of carbonyl (C=O) groups excluding carboxylic acids is 1. The van der Waals surface area contributed by atoms with E-state index in [1.807, 2.05) is 0 Å². The Morgan fingerprint density at radius 3 is 2.31 bits per heavy atom. The Morgan fingerprint density at radius 1 is 1.44 bits per heavy atom. The molecule has 94 valence electrons. The number of amides is 1. The van der Waals surface area contributed by atoms with E-state index < -0.39 is 15.1 Å². The second kappa shape index (κ2) is 5.14. The van der Waals surface area contributed by atoms with Crippen molar-refractivity contribution in [3.05, 3.63) is 0 Å². The van der Waals surface area contributed by atoms with E-state index in [1.165, 1.54) is 6.92 Å². The molecule has 0 spiro atoms. The summed E-state index contributed by atoms with van der Waals surface area (Å²) >= 11 is 0. The van der Waals surface area contributed by atoms with E-state index in [4.69, 9.17) is 5.11 Å². The van der Waals surface area contributed by atoms with Crippen LogP contribution in [0.2, 0.25) is 0 Å². The monoisotopic (exact) mass is 249 g/mol. The van der Waals surface area contributed by atoms with Gasteiger partial charge in [-0.25, -0.2) is 8.42 Å². The maximum atomic E-state index is 11.8. The number of piperidine rings is 1. The molecule has 0 aromatic carbocycles. The Hall–Kier alpha value is -0.620. The molecule has 0 aromatic heterocycles. The first kappa shape index (κ1) is 13.4. The Labute approximate surface area is 96.4 Å². The first-order chi connectivity index (χ1) is 7.36. The van der Waals surface area contributed by atoms with E-state index >= 15 is 0 Å². The summed E-state index contributed by atoms with van der Waals surface area (Å²) in [5.74, 6) is -0.0727. The van der Waals surface area contributed by atoms with Crippen LogP contribution in [0.15, 0.2) is 0 Å². The highest BCUT2D eigenvalue weighted by molar-refractivity contribution is 7.92. The molecule has 1 amide bonds. The van der Waals surface area contributed by atoms with Gasteiger partial charge >= 0.3 is 0 Å². The second-order valence-electron chi connectivity index (χ2n) is 4.42. The van der Waals surface area contributed by atoms with Crippen LogP contribution in [-0.4, -0.2) is 55.5 Å². The molecule has 1 saturated heterocycles. The molecule has 5 nitrogen and oxygen atoms in total. The summed E-state index contributed by atoms with van der Waals surface area (Å²) < 4.78 is 22.5. The number of aliphatic hydroxyl groups is 1. The lowest BCUT2D eigenvalue weighted by Gasteiger charge is -2.32. The molecule has 1 N–H and O–H groups in total. The third-order valence-electron chi connectivity index (χ3n) is 3.17. The average molecular weight is 249 g/mol. The standard InChI is InChI=1S/C10H19NO4S/c1-8(16(2,14)15)10(13)11-5-3-9(7-12)4-6-11/h8-9,12H,3-7H2,1-2H3. The first-order valence-electron chi connectivity index (χ1n) is 5.44. The predicted octanol–water partition coefficient (Wildman–Crippen LogP) is -0.350. The molecule has 0 aromatic rings. The molecule has 1 aliphatic heterocycles. The van der Waals surface area contributed by atoms with Crippen LogP contribution in [0.4, 0.5) is 0 Å². The number of sulfone groups is 1. The molecule has 0 aliphatic carbocycles. The van der Waals surface area contributed by atoms with E-state index in [-0.39, 0.29) is 18.4 Å². The molecule has 1 fully saturated rings. The number of hydrogen-bond acceptors (Lipinski definition) is 4. The van der Waals surface area contributed by atoms with Gasteiger partial charge in [0.1, 0.15) is 5.25 Å². The zero-order chi connectivity index (χ0) is 12.3. The maximum absolute atomic E-state index is 11.8. The van der Waals surface area contributed by atoms with Crippen molar-refractivity contribution < 1.29 is 18.3 Å². The van der Waals surface area contributed by atoms with E-state index in [1.54, 1.807) is 4.90 Å². The Bertz CT molecular complexity index is 344. The summed E-state index contributed by atoms with van der Waals surface area (Å²) in [7, 11) is -3.31. The molecule has 1 aliphatic rings. The average Bonchev–Trinajstić information content (AvgIpc) is 2.26. The summed E-state index contributed by atoms with van der Waals surface area (Å²) in [5, 5.41) is 7.99. The minimum Gasteiger partial charge on any atom is -0.396 e. The minimum absolute atomic E-state index is 0.143. The van der Waals surface area contributed by atoms with Crippen molar-refractivity contribution in [2.24, 2.45) is 5.92 Å². The van der Waals surface area contributed by atoms with Gasteiger partial charge in [-0.3, -0.25) is 4.79 Å². The number of aliphatic hydroxyl groups excluding tert-OH is 1. The highest BCUT2D eigenvalue weighted by Crippen LogP contribution is 2.18. The van der Waals surface area contributed by atoms with Crippen molar-refractivity contribution in [2.45, 2.75) is 25.0 Å². The molecular formula is C10H19NO4S. The van der Waals surface area contributed by atoms with Crippen LogP contribution < -0.4 is 0 Å². The SMILES string of the molecule is CC(C(=O)N1CCC(CO)CC1)S(C)(=O)=O. The van der Waals surface area contributed by atoms with Crippen LogP contribution in [-0.2, 0) is 14.6 Å². The molecule has 1 rings (SSSR count). The van der Waals surface area contributed by atoms with Gasteiger partial charge in [0.05, 0.1) is 0 Å². The van der Waals surface area contributed by atoms with Gasteiger partial charge in [0.25, 0.3) is 0 Å². The summed E-state index contributed by atoms with van der Waals surface area (Å²) in [5.41, 5.74) is 0. The molecule has 1 atom stereocenters. The van der Waals surface area contributed by atoms with Gasteiger partial charge in [-0.2, -0.15) is 0 Å². The largest absolute Gasteiger partial charge is 0.396 e. The van der Waals surface area contributed by atoms with Crippen LogP contribution in [0.5, 0.6) is 0 Å². The van der Waals surface area contributed by atoms with E-state index in [9.17, 15) is 13.2 Å². The Balaban J connectivity index is 2.57. The van der Waals surface area contributed by atoms with Crippen LogP contribution in [0.1, 0.15) is 19.8 Å². The fourth-order valence-corrected chi connectivity index (χ4v) is 2.29. The van der Waals surface area contributed by atoms with Crippen LogP contribution >= 0.6 is 0 Å². The quantitative estimate of drug-likeness (QED) is 0.742. The van der Waals surface area contributed by atoms with Crippen molar-refractivity contribution in [1.29, 1.82) is 0 Å². The second-order valence-corrected chi connectivity index (χ2v) is 6.79. The van der Waals surface area contributed by atoms with Gasteiger partial charge in [-0.1, -0.05) is 0 Å². The molecule has 1 unspecified atom stereocenters. The third-order valence-corrected chi connectivity index (χ3v) is 4.66. The molecular weight excluding hydrogens is 230 g/mol. The van der Waals surface area contributed by atoms with Gasteiger partial charge < -0.3 is 10.0 Å². The first-order valence-corrected chi connectivity index (χ1v) is 7.40. The summed E-state index contributed by atoms with van der Waals surface area (Å²) in [4.78, 5) is 13.4. The van der Waals surface area contributed by atoms with Crippen LogP contribution in [0.3, 0.4) is 0 Å². The Kier molecular flexibility index (Phi) is 4.32. The van der Waals surface area contributed by atoms with Gasteiger partial charge in [-0.05, 0) is 25.7 Å². The minimum atomic E-state index is -3.31. The zero-order valence-electron chi connectivity index (χ0n) is 9.72. The normalized spacial score (nSPS) is 20.8. The maximum Gasteiger partial charge on any atom is 0.240 e. The Morgan fingerprint density at radius 2 is 1.94 bits per heavy atom. The van der Waals surface area contributed by atoms with Crippen molar-refractivity contribution in [2.75, 3.05) is 26.0 Å². The fraction of sp³-hybridized carbons (Fsp3) is 0.900. The number of rotatable bonds is 3. The van der Waals surface area contributed by atoms with E-state index in [2.05, 4.69) is 0 Å². The molecule has 0 saturated carbocycles. The van der Waals surface area contributed by atoms with Crippen molar-refractivity contribution in [3.63, 3.8) is 0 Å². The van der Waals surface area contributed by atoms with Crippen molar-refractivity contribution in [1.82, 2.24) is 4.90 Å².